The fourth-order valence-corrected chi connectivity index (χ4v) is 2.63. The van der Waals surface area contributed by atoms with Crippen molar-refractivity contribution < 1.29 is 15.0 Å². The van der Waals surface area contributed by atoms with Crippen LogP contribution in [0.2, 0.25) is 0 Å². The molecule has 19 heavy (non-hydrogen) atoms. The molecule has 2 aromatic rings. The van der Waals surface area contributed by atoms with Crippen LogP contribution in [0.4, 0.5) is 0 Å². The molecule has 0 radical (unpaired) electrons. The maximum Gasteiger partial charge on any atom is 0.336 e. The van der Waals surface area contributed by atoms with Crippen LogP contribution in [0.25, 0.3) is 0 Å². The summed E-state index contributed by atoms with van der Waals surface area (Å²) in [6.45, 7) is 1.94. The lowest BCUT2D eigenvalue weighted by Crippen LogP contribution is -2.01. The van der Waals surface area contributed by atoms with Crippen LogP contribution in [0.1, 0.15) is 22.8 Å². The molecule has 0 unspecified atom stereocenters. The smallest absolute Gasteiger partial charge is 0.336 e. The molecule has 0 saturated heterocycles. The molecule has 0 amide bonds. The van der Waals surface area contributed by atoms with Crippen molar-refractivity contribution >= 4 is 17.7 Å². The summed E-state index contributed by atoms with van der Waals surface area (Å²) in [4.78, 5) is 13.0. The van der Waals surface area contributed by atoms with E-state index in [1.54, 1.807) is 30.3 Å². The molecular weight excluding hydrogens is 260 g/mol. The molecule has 0 aliphatic carbocycles. The lowest BCUT2D eigenvalue weighted by atomic mass is 10.1. The molecule has 3 nitrogen and oxygen atoms in total. The first-order valence-electron chi connectivity index (χ1n) is 5.93. The van der Waals surface area contributed by atoms with Crippen LogP contribution >= 0.6 is 11.8 Å². The Morgan fingerprint density at radius 1 is 1.11 bits per heavy atom. The summed E-state index contributed by atoms with van der Waals surface area (Å²) in [6.07, 6.45) is 0.700. The van der Waals surface area contributed by atoms with Crippen LogP contribution in [0, 0.1) is 0 Å². The van der Waals surface area contributed by atoms with Gasteiger partial charge in [0.2, 0.25) is 0 Å². The van der Waals surface area contributed by atoms with E-state index in [4.69, 9.17) is 0 Å². The van der Waals surface area contributed by atoms with Crippen molar-refractivity contribution in [3.05, 3.63) is 53.6 Å². The number of benzene rings is 2. The minimum Gasteiger partial charge on any atom is -0.508 e. The van der Waals surface area contributed by atoms with E-state index in [1.165, 1.54) is 11.8 Å². The summed E-state index contributed by atoms with van der Waals surface area (Å²) in [5, 5.41) is 18.4. The van der Waals surface area contributed by atoms with Crippen LogP contribution in [0.3, 0.4) is 0 Å². The van der Waals surface area contributed by atoms with E-state index < -0.39 is 5.97 Å². The Balaban J connectivity index is 2.28. The third-order valence-electron chi connectivity index (χ3n) is 2.77. The molecule has 0 spiro atoms. The molecule has 0 atom stereocenters. The van der Waals surface area contributed by atoms with E-state index in [9.17, 15) is 15.0 Å². The van der Waals surface area contributed by atoms with Gasteiger partial charge in [-0.2, -0.15) is 0 Å². The highest BCUT2D eigenvalue weighted by molar-refractivity contribution is 7.99. The molecule has 0 fully saturated rings. The Labute approximate surface area is 115 Å². The van der Waals surface area contributed by atoms with Gasteiger partial charge in [-0.05, 0) is 48.4 Å². The number of hydrogen-bond donors (Lipinski definition) is 2. The number of rotatable bonds is 4. The Hall–Kier alpha value is -1.94. The molecule has 98 valence electrons. The monoisotopic (exact) mass is 274 g/mol. The quantitative estimate of drug-likeness (QED) is 0.890. The summed E-state index contributed by atoms with van der Waals surface area (Å²) in [5.74, 6) is -0.679. The largest absolute Gasteiger partial charge is 0.508 e. The molecule has 0 aromatic heterocycles. The number of aryl methyl sites for hydroxylation is 1. The predicted octanol–water partition coefficient (Wildman–Crippen LogP) is 3.80. The number of carbonyl (C=O) groups is 1. The van der Waals surface area contributed by atoms with Crippen LogP contribution in [-0.2, 0) is 6.42 Å². The van der Waals surface area contributed by atoms with E-state index >= 15 is 0 Å². The number of aromatic hydroxyl groups is 1. The first-order valence-corrected chi connectivity index (χ1v) is 6.75. The number of aromatic carboxylic acids is 1. The van der Waals surface area contributed by atoms with Gasteiger partial charge in [0.05, 0.1) is 5.56 Å². The summed E-state index contributed by atoms with van der Waals surface area (Å²) in [5.41, 5.74) is 1.19. The summed E-state index contributed by atoms with van der Waals surface area (Å²) < 4.78 is 0. The number of phenols is 1. The molecule has 0 aliphatic rings. The van der Waals surface area contributed by atoms with Gasteiger partial charge in [0.25, 0.3) is 0 Å². The minimum absolute atomic E-state index is 0.219. The van der Waals surface area contributed by atoms with Crippen LogP contribution in [0.5, 0.6) is 5.75 Å². The van der Waals surface area contributed by atoms with Crippen LogP contribution in [0.15, 0.2) is 52.3 Å². The SMILES string of the molecule is CCc1ccc(Sc2ccc(O)cc2)cc1C(=O)O. The Morgan fingerprint density at radius 2 is 1.74 bits per heavy atom. The van der Waals surface area contributed by atoms with E-state index in [-0.39, 0.29) is 5.75 Å². The molecule has 2 rings (SSSR count). The normalized spacial score (nSPS) is 10.4. The second-order valence-electron chi connectivity index (χ2n) is 4.07. The van der Waals surface area contributed by atoms with E-state index in [0.29, 0.717) is 12.0 Å². The lowest BCUT2D eigenvalue weighted by Gasteiger charge is -2.07. The number of carboxylic acids is 1. The Morgan fingerprint density at radius 3 is 2.32 bits per heavy atom. The van der Waals surface area contributed by atoms with Gasteiger partial charge >= 0.3 is 5.97 Å². The minimum atomic E-state index is -0.898. The molecule has 2 N–H and O–H groups in total. The topological polar surface area (TPSA) is 57.5 Å². The van der Waals surface area contributed by atoms with Crippen molar-refractivity contribution in [2.45, 2.75) is 23.1 Å². The third-order valence-corrected chi connectivity index (χ3v) is 3.76. The van der Waals surface area contributed by atoms with Gasteiger partial charge in [-0.25, -0.2) is 4.79 Å². The fraction of sp³-hybridized carbons (Fsp3) is 0.133. The summed E-state index contributed by atoms with van der Waals surface area (Å²) in [7, 11) is 0. The zero-order valence-corrected chi connectivity index (χ0v) is 11.3. The standard InChI is InChI=1S/C15H14O3S/c1-2-10-3-6-13(9-14(10)15(17)18)19-12-7-4-11(16)5-8-12/h3-9,16H,2H2,1H3,(H,17,18). The van der Waals surface area contributed by atoms with Gasteiger partial charge in [0.15, 0.2) is 0 Å². The summed E-state index contributed by atoms with van der Waals surface area (Å²) in [6, 6.07) is 12.3. The lowest BCUT2D eigenvalue weighted by molar-refractivity contribution is 0.0695. The van der Waals surface area contributed by atoms with Gasteiger partial charge in [-0.15, -0.1) is 0 Å². The van der Waals surface area contributed by atoms with Gasteiger partial charge in [-0.3, -0.25) is 0 Å². The maximum absolute atomic E-state index is 11.2. The van der Waals surface area contributed by atoms with Crippen molar-refractivity contribution in [3.63, 3.8) is 0 Å². The number of phenolic OH excluding ortho intramolecular Hbond substituents is 1. The number of carboxylic acid groups (broad SMARTS) is 1. The average molecular weight is 274 g/mol. The first kappa shape index (κ1) is 13.5. The summed E-state index contributed by atoms with van der Waals surface area (Å²) >= 11 is 1.47. The third kappa shape index (κ3) is 3.29. The molecule has 0 saturated carbocycles. The molecule has 0 bridgehead atoms. The number of hydrogen-bond acceptors (Lipinski definition) is 3. The maximum atomic E-state index is 11.2. The molecule has 2 aromatic carbocycles. The predicted molar refractivity (Wildman–Crippen MR) is 75.0 cm³/mol. The molecular formula is C15H14O3S. The van der Waals surface area contributed by atoms with E-state index in [1.807, 2.05) is 19.1 Å². The zero-order chi connectivity index (χ0) is 13.8. The highest BCUT2D eigenvalue weighted by atomic mass is 32.2. The zero-order valence-electron chi connectivity index (χ0n) is 10.5. The van der Waals surface area contributed by atoms with Gasteiger partial charge in [0, 0.05) is 9.79 Å². The van der Waals surface area contributed by atoms with Gasteiger partial charge < -0.3 is 10.2 Å². The van der Waals surface area contributed by atoms with E-state index in [0.717, 1.165) is 15.4 Å². The molecule has 0 heterocycles. The van der Waals surface area contributed by atoms with Crippen molar-refractivity contribution in [2.75, 3.05) is 0 Å². The molecule has 4 heteroatoms. The Bertz CT molecular complexity index is 591. The van der Waals surface area contributed by atoms with Gasteiger partial charge in [-0.1, -0.05) is 24.8 Å². The Kier molecular flexibility index (Phi) is 4.12. The molecule has 0 aliphatic heterocycles. The second-order valence-corrected chi connectivity index (χ2v) is 5.22. The first-order chi connectivity index (χ1) is 9.10. The highest BCUT2D eigenvalue weighted by Crippen LogP contribution is 2.30. The average Bonchev–Trinajstić information content (AvgIpc) is 2.41. The van der Waals surface area contributed by atoms with Crippen molar-refractivity contribution in [2.24, 2.45) is 0 Å². The fourth-order valence-electron chi connectivity index (χ4n) is 1.78. The second kappa shape index (κ2) is 5.80. The van der Waals surface area contributed by atoms with E-state index in [2.05, 4.69) is 0 Å². The van der Waals surface area contributed by atoms with Gasteiger partial charge in [0.1, 0.15) is 5.75 Å². The van der Waals surface area contributed by atoms with Crippen molar-refractivity contribution in [3.8, 4) is 5.75 Å². The van der Waals surface area contributed by atoms with Crippen LogP contribution in [-0.4, -0.2) is 16.2 Å². The van der Waals surface area contributed by atoms with Crippen molar-refractivity contribution in [1.82, 2.24) is 0 Å². The highest BCUT2D eigenvalue weighted by Gasteiger charge is 2.10. The van der Waals surface area contributed by atoms with Crippen molar-refractivity contribution in [1.29, 1.82) is 0 Å². The van der Waals surface area contributed by atoms with Crippen LogP contribution < -0.4 is 0 Å².